The minimum absolute atomic E-state index is 0.253. The van der Waals surface area contributed by atoms with Gasteiger partial charge in [0, 0.05) is 11.9 Å². The molecule has 0 unspecified atom stereocenters. The van der Waals surface area contributed by atoms with Crippen LogP contribution in [0, 0.1) is 13.8 Å². The molecule has 3 aromatic rings. The van der Waals surface area contributed by atoms with E-state index in [4.69, 9.17) is 0 Å². The largest absolute Gasteiger partial charge is 0.391 e. The lowest BCUT2D eigenvalue weighted by Gasteiger charge is -2.12. The fraction of sp³-hybridized carbons (Fsp3) is 0.176. The molecule has 0 aliphatic rings. The number of hydrogen-bond donors (Lipinski definition) is 2. The summed E-state index contributed by atoms with van der Waals surface area (Å²) in [6.45, 7) is 3.65. The fourth-order valence-electron chi connectivity index (χ4n) is 2.56. The van der Waals surface area contributed by atoms with Crippen LogP contribution < -0.4 is 10.9 Å². The predicted octanol–water partition coefficient (Wildman–Crippen LogP) is 2.55. The van der Waals surface area contributed by atoms with E-state index >= 15 is 0 Å². The molecule has 0 bridgehead atoms. The Balaban J connectivity index is 2.15. The number of aliphatic hydroxyl groups is 1. The van der Waals surface area contributed by atoms with Crippen molar-refractivity contribution in [3.63, 3.8) is 0 Å². The van der Waals surface area contributed by atoms with Crippen LogP contribution in [0.2, 0.25) is 0 Å². The Morgan fingerprint density at radius 3 is 2.59 bits per heavy atom. The first-order valence-corrected chi connectivity index (χ1v) is 7.05. The molecule has 5 nitrogen and oxygen atoms in total. The van der Waals surface area contributed by atoms with Gasteiger partial charge in [0.1, 0.15) is 11.5 Å². The molecule has 2 aromatic heterocycles. The molecule has 0 radical (unpaired) electrons. The van der Waals surface area contributed by atoms with Gasteiger partial charge in [-0.25, -0.2) is 4.98 Å². The quantitative estimate of drug-likeness (QED) is 0.779. The number of nitrogens with one attached hydrogen (secondary N) is 1. The summed E-state index contributed by atoms with van der Waals surface area (Å²) in [6, 6.07) is 11.4. The number of aryl methyl sites for hydroxylation is 2. The maximum atomic E-state index is 12.4. The van der Waals surface area contributed by atoms with Gasteiger partial charge in [0.2, 0.25) is 0 Å². The van der Waals surface area contributed by atoms with Crippen LogP contribution in [0.15, 0.2) is 47.4 Å². The van der Waals surface area contributed by atoms with E-state index in [-0.39, 0.29) is 17.7 Å². The van der Waals surface area contributed by atoms with E-state index in [2.05, 4.69) is 16.4 Å². The molecular formula is C17H17N3O2. The molecule has 0 spiro atoms. The molecule has 3 rings (SSSR count). The molecule has 2 N–H and O–H groups in total. The van der Waals surface area contributed by atoms with Crippen molar-refractivity contribution in [2.75, 3.05) is 5.32 Å². The smallest absolute Gasteiger partial charge is 0.265 e. The lowest BCUT2D eigenvalue weighted by molar-refractivity contribution is 0.280. The lowest BCUT2D eigenvalue weighted by Crippen LogP contribution is -2.21. The normalized spacial score (nSPS) is 10.9. The number of nitrogens with zero attached hydrogens (tertiary/aromatic N) is 2. The molecule has 0 saturated carbocycles. The highest BCUT2D eigenvalue weighted by Gasteiger charge is 2.12. The SMILES string of the molecule is Cc1cc(C)cc(Nc2nc3ccccn3c(=O)c2CO)c1. The number of aromatic nitrogens is 2. The zero-order valence-corrected chi connectivity index (χ0v) is 12.5. The highest BCUT2D eigenvalue weighted by atomic mass is 16.3. The van der Waals surface area contributed by atoms with Crippen molar-refractivity contribution in [2.45, 2.75) is 20.5 Å². The van der Waals surface area contributed by atoms with Gasteiger partial charge in [-0.3, -0.25) is 9.20 Å². The van der Waals surface area contributed by atoms with Crippen LogP contribution in [0.5, 0.6) is 0 Å². The Labute approximate surface area is 127 Å². The predicted molar refractivity (Wildman–Crippen MR) is 86.6 cm³/mol. The summed E-state index contributed by atoms with van der Waals surface area (Å²) >= 11 is 0. The van der Waals surface area contributed by atoms with Crippen LogP contribution in [0.4, 0.5) is 11.5 Å². The third-order valence-corrected chi connectivity index (χ3v) is 3.47. The highest BCUT2D eigenvalue weighted by Crippen LogP contribution is 2.20. The topological polar surface area (TPSA) is 66.6 Å². The fourth-order valence-corrected chi connectivity index (χ4v) is 2.56. The average Bonchev–Trinajstić information content (AvgIpc) is 2.46. The van der Waals surface area contributed by atoms with Gasteiger partial charge in [0.15, 0.2) is 0 Å². The van der Waals surface area contributed by atoms with Crippen LogP contribution in [0.3, 0.4) is 0 Å². The van der Waals surface area contributed by atoms with E-state index in [0.29, 0.717) is 11.5 Å². The number of aliphatic hydroxyl groups excluding tert-OH is 1. The van der Waals surface area contributed by atoms with Gasteiger partial charge in [-0.15, -0.1) is 0 Å². The summed E-state index contributed by atoms with van der Waals surface area (Å²) < 4.78 is 1.43. The minimum atomic E-state index is -0.364. The van der Waals surface area contributed by atoms with Crippen molar-refractivity contribution in [2.24, 2.45) is 0 Å². The molecular weight excluding hydrogens is 278 g/mol. The number of benzene rings is 1. The summed E-state index contributed by atoms with van der Waals surface area (Å²) in [5, 5.41) is 12.7. The number of rotatable bonds is 3. The summed E-state index contributed by atoms with van der Waals surface area (Å²) in [6.07, 6.45) is 1.64. The van der Waals surface area contributed by atoms with Gasteiger partial charge in [-0.05, 0) is 49.2 Å². The van der Waals surface area contributed by atoms with Gasteiger partial charge >= 0.3 is 0 Å². The molecule has 0 amide bonds. The van der Waals surface area contributed by atoms with E-state index in [0.717, 1.165) is 16.8 Å². The summed E-state index contributed by atoms with van der Waals surface area (Å²) in [7, 11) is 0. The molecule has 0 atom stereocenters. The van der Waals surface area contributed by atoms with Crippen molar-refractivity contribution in [3.05, 3.63) is 69.6 Å². The van der Waals surface area contributed by atoms with Gasteiger partial charge in [0.25, 0.3) is 5.56 Å². The van der Waals surface area contributed by atoms with E-state index in [1.165, 1.54) is 4.40 Å². The van der Waals surface area contributed by atoms with Crippen molar-refractivity contribution in [1.29, 1.82) is 0 Å². The summed E-state index contributed by atoms with van der Waals surface area (Å²) in [5.74, 6) is 0.392. The van der Waals surface area contributed by atoms with E-state index in [1.54, 1.807) is 18.3 Å². The second kappa shape index (κ2) is 5.61. The van der Waals surface area contributed by atoms with Gasteiger partial charge < -0.3 is 10.4 Å². The zero-order chi connectivity index (χ0) is 15.7. The Morgan fingerprint density at radius 2 is 1.91 bits per heavy atom. The Kier molecular flexibility index (Phi) is 3.65. The van der Waals surface area contributed by atoms with E-state index < -0.39 is 0 Å². The Morgan fingerprint density at radius 1 is 1.18 bits per heavy atom. The first kappa shape index (κ1) is 14.3. The van der Waals surface area contributed by atoms with Gasteiger partial charge in [-0.2, -0.15) is 0 Å². The first-order chi connectivity index (χ1) is 10.6. The van der Waals surface area contributed by atoms with Crippen LogP contribution in [-0.4, -0.2) is 14.5 Å². The van der Waals surface area contributed by atoms with Crippen LogP contribution in [0.1, 0.15) is 16.7 Å². The minimum Gasteiger partial charge on any atom is -0.391 e. The highest BCUT2D eigenvalue weighted by molar-refractivity contribution is 5.63. The van der Waals surface area contributed by atoms with Crippen LogP contribution in [0.25, 0.3) is 5.65 Å². The number of hydrogen-bond acceptors (Lipinski definition) is 4. The number of pyridine rings is 1. The molecule has 22 heavy (non-hydrogen) atoms. The Bertz CT molecular complexity index is 880. The Hall–Kier alpha value is -2.66. The second-order valence-electron chi connectivity index (χ2n) is 5.33. The number of fused-ring (bicyclic) bond motifs is 1. The molecule has 0 saturated heterocycles. The van der Waals surface area contributed by atoms with Crippen molar-refractivity contribution in [3.8, 4) is 0 Å². The van der Waals surface area contributed by atoms with Crippen molar-refractivity contribution >= 4 is 17.2 Å². The van der Waals surface area contributed by atoms with Crippen LogP contribution >= 0.6 is 0 Å². The summed E-state index contributed by atoms with van der Waals surface area (Å²) in [4.78, 5) is 16.9. The van der Waals surface area contributed by atoms with Crippen LogP contribution in [-0.2, 0) is 6.61 Å². The third-order valence-electron chi connectivity index (χ3n) is 3.47. The number of anilines is 2. The second-order valence-corrected chi connectivity index (χ2v) is 5.33. The lowest BCUT2D eigenvalue weighted by atomic mass is 10.1. The van der Waals surface area contributed by atoms with Gasteiger partial charge in [0.05, 0.1) is 12.2 Å². The molecule has 5 heteroatoms. The third kappa shape index (κ3) is 2.58. The molecule has 0 aliphatic heterocycles. The standard InChI is InChI=1S/C17H17N3O2/c1-11-7-12(2)9-13(8-11)18-16-14(10-21)17(22)20-6-4-3-5-15(20)19-16/h3-9,18,21H,10H2,1-2H3. The maximum Gasteiger partial charge on any atom is 0.265 e. The molecule has 0 aliphatic carbocycles. The summed E-state index contributed by atoms with van der Waals surface area (Å²) in [5.41, 5.74) is 3.61. The maximum absolute atomic E-state index is 12.4. The average molecular weight is 295 g/mol. The molecule has 2 heterocycles. The van der Waals surface area contributed by atoms with Crippen molar-refractivity contribution in [1.82, 2.24) is 9.38 Å². The molecule has 0 fully saturated rings. The molecule has 1 aromatic carbocycles. The zero-order valence-electron chi connectivity index (χ0n) is 12.5. The molecule has 112 valence electrons. The van der Waals surface area contributed by atoms with Crippen molar-refractivity contribution < 1.29 is 5.11 Å². The monoisotopic (exact) mass is 295 g/mol. The van der Waals surface area contributed by atoms with Gasteiger partial charge in [-0.1, -0.05) is 12.1 Å². The first-order valence-electron chi connectivity index (χ1n) is 7.05. The van der Waals surface area contributed by atoms with E-state index in [9.17, 15) is 9.90 Å². The van der Waals surface area contributed by atoms with E-state index in [1.807, 2.05) is 32.0 Å².